The molecule has 0 spiro atoms. The van der Waals surface area contributed by atoms with Crippen molar-refractivity contribution in [1.82, 2.24) is 15.0 Å². The van der Waals surface area contributed by atoms with Crippen molar-refractivity contribution < 1.29 is 9.84 Å². The van der Waals surface area contributed by atoms with Gasteiger partial charge in [0.25, 0.3) is 0 Å². The third kappa shape index (κ3) is 4.57. The van der Waals surface area contributed by atoms with E-state index in [4.69, 9.17) is 16.2 Å². The van der Waals surface area contributed by atoms with Gasteiger partial charge in [-0.05, 0) is 25.7 Å². The topological polar surface area (TPSA) is 120 Å². The molecule has 2 heterocycles. The first kappa shape index (κ1) is 17.5. The minimum Gasteiger partial charge on any atom is -0.451 e. The van der Waals surface area contributed by atoms with E-state index in [9.17, 15) is 5.11 Å². The molecule has 0 radical (unpaired) electrons. The van der Waals surface area contributed by atoms with E-state index in [1.807, 2.05) is 13.8 Å². The molecule has 0 bridgehead atoms. The van der Waals surface area contributed by atoms with Gasteiger partial charge in [-0.2, -0.15) is 4.98 Å². The Morgan fingerprint density at radius 3 is 2.46 bits per heavy atom. The number of rotatable bonds is 3. The summed E-state index contributed by atoms with van der Waals surface area (Å²) in [4.78, 5) is 12.1. The smallest absolute Gasteiger partial charge is 0.222 e. The van der Waals surface area contributed by atoms with E-state index in [1.165, 1.54) is 6.20 Å². The van der Waals surface area contributed by atoms with Crippen LogP contribution in [0.5, 0.6) is 11.5 Å². The highest BCUT2D eigenvalue weighted by Crippen LogP contribution is 2.32. The van der Waals surface area contributed by atoms with Gasteiger partial charge in [0, 0.05) is 17.8 Å². The van der Waals surface area contributed by atoms with Gasteiger partial charge in [0.05, 0.1) is 6.20 Å². The van der Waals surface area contributed by atoms with E-state index in [0.29, 0.717) is 17.2 Å². The van der Waals surface area contributed by atoms with Crippen molar-refractivity contribution in [2.75, 3.05) is 11.5 Å². The summed E-state index contributed by atoms with van der Waals surface area (Å²) in [6, 6.07) is 1.70. The Balaban J connectivity index is 2.43. The number of ether oxygens (including phenoxy) is 1. The third-order valence-corrected chi connectivity index (χ3v) is 3.03. The predicted molar refractivity (Wildman–Crippen MR) is 92.4 cm³/mol. The van der Waals surface area contributed by atoms with Crippen molar-refractivity contribution in [2.45, 2.75) is 39.2 Å². The molecule has 0 saturated heterocycles. The number of nitrogen functional groups attached to an aromatic ring is 2. The van der Waals surface area contributed by atoms with E-state index in [0.717, 1.165) is 5.56 Å². The molecule has 126 valence electrons. The van der Waals surface area contributed by atoms with Gasteiger partial charge in [0.2, 0.25) is 5.95 Å². The quantitative estimate of drug-likeness (QED) is 0.738. The van der Waals surface area contributed by atoms with Crippen LogP contribution in [0, 0.1) is 11.8 Å². The number of nitrogens with two attached hydrogens (primary N) is 2. The summed E-state index contributed by atoms with van der Waals surface area (Å²) in [5, 5.41) is 9.71. The summed E-state index contributed by atoms with van der Waals surface area (Å²) in [5.74, 6) is 6.82. The van der Waals surface area contributed by atoms with Gasteiger partial charge in [-0.3, -0.25) is 0 Å². The van der Waals surface area contributed by atoms with E-state index in [1.54, 1.807) is 26.1 Å². The fraction of sp³-hybridized carbons (Fsp3) is 0.353. The first-order chi connectivity index (χ1) is 11.2. The number of aliphatic hydroxyl groups is 1. The Labute approximate surface area is 141 Å². The van der Waals surface area contributed by atoms with Crippen molar-refractivity contribution in [1.29, 1.82) is 0 Å². The van der Waals surface area contributed by atoms with Gasteiger partial charge in [-0.25, -0.2) is 9.97 Å². The average molecular weight is 327 g/mol. The summed E-state index contributed by atoms with van der Waals surface area (Å²) >= 11 is 0. The first-order valence-electron chi connectivity index (χ1n) is 7.47. The molecule has 2 rings (SSSR count). The van der Waals surface area contributed by atoms with E-state index in [2.05, 4.69) is 26.8 Å². The Morgan fingerprint density at radius 2 is 1.88 bits per heavy atom. The zero-order chi connectivity index (χ0) is 17.9. The highest BCUT2D eigenvalue weighted by Gasteiger charge is 2.13. The summed E-state index contributed by atoms with van der Waals surface area (Å²) in [7, 11) is 0. The lowest BCUT2D eigenvalue weighted by atomic mass is 10.0. The second-order valence-electron chi connectivity index (χ2n) is 6.15. The molecule has 0 aliphatic carbocycles. The molecule has 0 amide bonds. The molecule has 2 aromatic rings. The van der Waals surface area contributed by atoms with E-state index < -0.39 is 5.60 Å². The Hall–Kier alpha value is -2.85. The summed E-state index contributed by atoms with van der Waals surface area (Å²) in [5.41, 5.74) is 11.6. The summed E-state index contributed by atoms with van der Waals surface area (Å²) < 4.78 is 5.85. The molecular weight excluding hydrogens is 306 g/mol. The highest BCUT2D eigenvalue weighted by atomic mass is 16.5. The molecule has 7 heteroatoms. The van der Waals surface area contributed by atoms with Gasteiger partial charge >= 0.3 is 0 Å². The maximum Gasteiger partial charge on any atom is 0.222 e. The SMILES string of the molecule is CC(C)c1cnc(C#CC(C)(C)O)cc1Oc1cnc(N)nc1N. The number of pyridine rings is 1. The summed E-state index contributed by atoms with van der Waals surface area (Å²) in [6.07, 6.45) is 3.12. The molecule has 7 nitrogen and oxygen atoms in total. The normalized spacial score (nSPS) is 11.1. The van der Waals surface area contributed by atoms with E-state index in [-0.39, 0.29) is 17.7 Å². The van der Waals surface area contributed by atoms with Crippen molar-refractivity contribution in [3.63, 3.8) is 0 Å². The van der Waals surface area contributed by atoms with Crippen LogP contribution in [0.2, 0.25) is 0 Å². The minimum atomic E-state index is -1.10. The monoisotopic (exact) mass is 327 g/mol. The van der Waals surface area contributed by atoms with E-state index >= 15 is 0 Å². The van der Waals surface area contributed by atoms with Crippen LogP contribution >= 0.6 is 0 Å². The molecule has 24 heavy (non-hydrogen) atoms. The number of aromatic nitrogens is 3. The van der Waals surface area contributed by atoms with Gasteiger partial charge < -0.3 is 21.3 Å². The zero-order valence-corrected chi connectivity index (χ0v) is 14.2. The largest absolute Gasteiger partial charge is 0.451 e. The van der Waals surface area contributed by atoms with Gasteiger partial charge in [0.1, 0.15) is 17.0 Å². The zero-order valence-electron chi connectivity index (χ0n) is 14.2. The van der Waals surface area contributed by atoms with Crippen LogP contribution < -0.4 is 16.2 Å². The number of hydrogen-bond acceptors (Lipinski definition) is 7. The van der Waals surface area contributed by atoms with Crippen molar-refractivity contribution >= 4 is 11.8 Å². The third-order valence-electron chi connectivity index (χ3n) is 3.03. The Kier molecular flexibility index (Phi) is 4.90. The highest BCUT2D eigenvalue weighted by molar-refractivity contribution is 5.51. The second kappa shape index (κ2) is 6.72. The summed E-state index contributed by atoms with van der Waals surface area (Å²) in [6.45, 7) is 7.25. The second-order valence-corrected chi connectivity index (χ2v) is 6.15. The lowest BCUT2D eigenvalue weighted by molar-refractivity contribution is 0.143. The van der Waals surface area contributed by atoms with Gasteiger partial charge in [0.15, 0.2) is 11.6 Å². The van der Waals surface area contributed by atoms with Crippen LogP contribution in [0.4, 0.5) is 11.8 Å². The van der Waals surface area contributed by atoms with Gasteiger partial charge in [-0.1, -0.05) is 19.8 Å². The fourth-order valence-electron chi connectivity index (χ4n) is 1.85. The molecule has 0 unspecified atom stereocenters. The lowest BCUT2D eigenvalue weighted by Gasteiger charge is -2.14. The molecular formula is C17H21N5O2. The number of nitrogens with zero attached hydrogens (tertiary/aromatic N) is 3. The minimum absolute atomic E-state index is 0.0791. The molecule has 0 aromatic carbocycles. The van der Waals surface area contributed by atoms with Crippen LogP contribution in [0.1, 0.15) is 44.9 Å². The molecule has 0 fully saturated rings. The van der Waals surface area contributed by atoms with Crippen molar-refractivity contribution in [3.8, 4) is 23.3 Å². The first-order valence-corrected chi connectivity index (χ1v) is 7.47. The van der Waals surface area contributed by atoms with Gasteiger partial charge in [-0.15, -0.1) is 0 Å². The molecule has 5 N–H and O–H groups in total. The average Bonchev–Trinajstić information content (AvgIpc) is 2.47. The molecule has 0 atom stereocenters. The Bertz CT molecular complexity index is 801. The maximum atomic E-state index is 9.71. The lowest BCUT2D eigenvalue weighted by Crippen LogP contribution is -2.14. The van der Waals surface area contributed by atoms with Crippen LogP contribution in [-0.2, 0) is 0 Å². The number of hydrogen-bond donors (Lipinski definition) is 3. The predicted octanol–water partition coefficient (Wildman–Crippen LogP) is 2.07. The van der Waals surface area contributed by atoms with Crippen LogP contribution in [0.15, 0.2) is 18.5 Å². The number of anilines is 2. The fourth-order valence-corrected chi connectivity index (χ4v) is 1.85. The maximum absolute atomic E-state index is 9.71. The Morgan fingerprint density at radius 1 is 1.17 bits per heavy atom. The standard InChI is InChI=1S/C17H21N5O2/c1-10(2)12-8-20-11(5-6-17(3,4)23)7-13(12)24-14-9-21-16(19)22-15(14)18/h7-10,23H,1-4H3,(H4,18,19,21,22). The molecule has 2 aromatic heterocycles. The molecule has 0 aliphatic rings. The van der Waals surface area contributed by atoms with Crippen molar-refractivity contribution in [2.24, 2.45) is 0 Å². The molecule has 0 aliphatic heterocycles. The van der Waals surface area contributed by atoms with Crippen LogP contribution in [-0.4, -0.2) is 25.7 Å². The van der Waals surface area contributed by atoms with Crippen LogP contribution in [0.3, 0.4) is 0 Å². The van der Waals surface area contributed by atoms with Crippen LogP contribution in [0.25, 0.3) is 0 Å². The van der Waals surface area contributed by atoms with Crippen molar-refractivity contribution in [3.05, 3.63) is 29.7 Å². The molecule has 0 saturated carbocycles.